The number of hydrogen-bond acceptors (Lipinski definition) is 11. The number of carbonyl (C=O) groups is 2. The van der Waals surface area contributed by atoms with E-state index < -0.39 is 27.5 Å². The molecule has 0 radical (unpaired) electrons. The van der Waals surface area contributed by atoms with Gasteiger partial charge in [0.2, 0.25) is 5.88 Å². The number of urea groups is 1. The van der Waals surface area contributed by atoms with Crippen LogP contribution in [0.25, 0.3) is 0 Å². The normalized spacial score (nSPS) is 19.9. The maximum absolute atomic E-state index is 15.1. The number of rotatable bonds is 10. The largest absolute Gasteiger partial charge is 0.497 e. The Morgan fingerprint density at radius 1 is 1.08 bits per heavy atom. The Kier molecular flexibility index (Phi) is 9.62. The fourth-order valence-electron chi connectivity index (χ4n) is 7.02. The number of benzene rings is 2. The van der Waals surface area contributed by atoms with Crippen molar-refractivity contribution in [2.45, 2.75) is 42.3 Å². The van der Waals surface area contributed by atoms with E-state index in [1.54, 1.807) is 24.0 Å². The van der Waals surface area contributed by atoms with Gasteiger partial charge in [0.05, 0.1) is 43.7 Å². The average Bonchev–Trinajstić information content (AvgIpc) is 3.35. The first-order valence-electron chi connectivity index (χ1n) is 16.4. The van der Waals surface area contributed by atoms with Crippen LogP contribution < -0.4 is 23.8 Å². The van der Waals surface area contributed by atoms with Crippen LogP contribution in [0.4, 0.5) is 10.5 Å². The molecule has 3 aliphatic heterocycles. The number of pyridine rings is 1. The maximum Gasteiger partial charge on any atom is 0.318 e. The molecule has 6 rings (SSSR count). The number of sulfonamides is 1. The number of piperidine rings is 1. The molecule has 4 heterocycles. The van der Waals surface area contributed by atoms with E-state index in [1.807, 2.05) is 0 Å². The fourth-order valence-corrected chi connectivity index (χ4v) is 8.63. The van der Waals surface area contributed by atoms with Crippen LogP contribution in [0.2, 0.25) is 0 Å². The molecule has 3 amide bonds. The minimum atomic E-state index is -4.69. The molecule has 50 heavy (non-hydrogen) atoms. The zero-order chi connectivity index (χ0) is 35.8. The Bertz CT molecular complexity index is 1940. The molecule has 0 saturated carbocycles. The van der Waals surface area contributed by atoms with Crippen LogP contribution in [0, 0.1) is 11.3 Å². The van der Waals surface area contributed by atoms with Crippen molar-refractivity contribution in [3.8, 4) is 23.4 Å². The van der Waals surface area contributed by atoms with Crippen LogP contribution in [0.3, 0.4) is 0 Å². The number of methoxy groups -OCH3 is 2. The van der Waals surface area contributed by atoms with Crippen molar-refractivity contribution in [3.05, 3.63) is 71.4 Å². The smallest absolute Gasteiger partial charge is 0.318 e. The van der Waals surface area contributed by atoms with E-state index in [2.05, 4.69) is 40.3 Å². The van der Waals surface area contributed by atoms with E-state index in [0.29, 0.717) is 29.2 Å². The summed E-state index contributed by atoms with van der Waals surface area (Å²) in [5.41, 5.74) is -1.81. The molecule has 3 aromatic rings. The molecule has 264 valence electrons. The zero-order valence-electron chi connectivity index (χ0n) is 28.7. The Labute approximate surface area is 292 Å². The highest BCUT2D eigenvalue weighted by Gasteiger charge is 2.59. The molecule has 2 saturated heterocycles. The van der Waals surface area contributed by atoms with Gasteiger partial charge < -0.3 is 29.3 Å². The molecule has 1 atom stereocenters. The summed E-state index contributed by atoms with van der Waals surface area (Å²) in [6.07, 6.45) is 3.55. The number of nitrogens with one attached hydrogen (secondary N) is 1. The van der Waals surface area contributed by atoms with Gasteiger partial charge in [0.15, 0.2) is 5.54 Å². The summed E-state index contributed by atoms with van der Waals surface area (Å²) in [5, 5.41) is 12.9. The van der Waals surface area contributed by atoms with E-state index in [0.717, 1.165) is 25.9 Å². The van der Waals surface area contributed by atoms with Crippen molar-refractivity contribution in [1.29, 1.82) is 5.26 Å². The third kappa shape index (κ3) is 5.86. The molecule has 2 fully saturated rings. The van der Waals surface area contributed by atoms with Crippen LogP contribution in [-0.2, 0) is 20.4 Å². The minimum Gasteiger partial charge on any atom is -0.497 e. The van der Waals surface area contributed by atoms with Gasteiger partial charge in [0.1, 0.15) is 16.4 Å². The molecule has 0 spiro atoms. The van der Waals surface area contributed by atoms with Crippen LogP contribution in [0.15, 0.2) is 59.6 Å². The zero-order valence-corrected chi connectivity index (χ0v) is 29.6. The van der Waals surface area contributed by atoms with Crippen molar-refractivity contribution < 1.29 is 32.2 Å². The van der Waals surface area contributed by atoms with Gasteiger partial charge in [-0.1, -0.05) is 0 Å². The molecule has 1 N–H and O–H groups in total. The number of likely N-dealkylation sites (tertiary alicyclic amines) is 2. The van der Waals surface area contributed by atoms with Crippen molar-refractivity contribution in [2.24, 2.45) is 0 Å². The predicted molar refractivity (Wildman–Crippen MR) is 184 cm³/mol. The number of hydrogen-bond donors (Lipinski definition) is 1. The Morgan fingerprint density at radius 3 is 2.46 bits per heavy atom. The lowest BCUT2D eigenvalue weighted by Gasteiger charge is -2.48. The molecule has 1 unspecified atom stereocenters. The van der Waals surface area contributed by atoms with Crippen LogP contribution in [0.1, 0.15) is 36.5 Å². The molecule has 2 aromatic carbocycles. The van der Waals surface area contributed by atoms with Crippen LogP contribution in [-0.4, -0.2) is 113 Å². The van der Waals surface area contributed by atoms with E-state index in [4.69, 9.17) is 14.2 Å². The quantitative estimate of drug-likeness (QED) is 0.331. The second-order valence-electron chi connectivity index (χ2n) is 12.7. The van der Waals surface area contributed by atoms with Gasteiger partial charge in [-0.05, 0) is 76.3 Å². The van der Waals surface area contributed by atoms with E-state index in [-0.39, 0.29) is 51.6 Å². The van der Waals surface area contributed by atoms with Crippen molar-refractivity contribution in [1.82, 2.24) is 25.0 Å². The summed E-state index contributed by atoms with van der Waals surface area (Å²) in [4.78, 5) is 39.6. The molecule has 0 aliphatic carbocycles. The lowest BCUT2D eigenvalue weighted by Crippen LogP contribution is -2.67. The summed E-state index contributed by atoms with van der Waals surface area (Å²) in [5.74, 6) is -0.665. The highest BCUT2D eigenvalue weighted by Crippen LogP contribution is 2.50. The topological polar surface area (TPSA) is 158 Å². The third-order valence-corrected chi connectivity index (χ3v) is 11.5. The van der Waals surface area contributed by atoms with Gasteiger partial charge in [-0.2, -0.15) is 9.57 Å². The number of nitrogens with zero attached hydrogens (tertiary/aromatic N) is 6. The number of aromatic nitrogens is 1. The lowest BCUT2D eigenvalue weighted by molar-refractivity contribution is -0.121. The lowest BCUT2D eigenvalue weighted by atomic mass is 9.83. The summed E-state index contributed by atoms with van der Waals surface area (Å²) in [6, 6.07) is 13.7. The molecule has 0 bridgehead atoms. The number of fused-ring (bicyclic) bond motifs is 1. The molecule has 3 aliphatic rings. The van der Waals surface area contributed by atoms with Gasteiger partial charge in [-0.25, -0.2) is 18.2 Å². The van der Waals surface area contributed by atoms with E-state index in [1.165, 1.54) is 56.8 Å². The Hall–Kier alpha value is -4.91. The van der Waals surface area contributed by atoms with Crippen molar-refractivity contribution in [2.75, 3.05) is 65.4 Å². The highest BCUT2D eigenvalue weighted by atomic mass is 32.2. The van der Waals surface area contributed by atoms with E-state index >= 15 is 4.79 Å². The average molecular weight is 704 g/mol. The Morgan fingerprint density at radius 2 is 1.82 bits per heavy atom. The first kappa shape index (κ1) is 34.9. The van der Waals surface area contributed by atoms with Gasteiger partial charge in [-0.15, -0.1) is 0 Å². The first-order valence-corrected chi connectivity index (χ1v) is 17.9. The standard InChI is InChI=1S/C35H41N7O7S/c1-6-49-32-27(8-7-15-37-32)35(38-34(44)41-21-25(22-41)40-16-13-24(14-17-40)39(2)3)28-18-23(20-36)9-11-29(28)42(33(35)43)50(45,46)31-12-10-26(47-4)19-30(31)48-5/h7-12,15,18-19,24-25H,6,13-14,16-17,21-22H2,1-5H3,(H,38,44). The van der Waals surface area contributed by atoms with Gasteiger partial charge in [-0.3, -0.25) is 9.69 Å². The summed E-state index contributed by atoms with van der Waals surface area (Å²) >= 11 is 0. The molecule has 14 nitrogen and oxygen atoms in total. The highest BCUT2D eigenvalue weighted by molar-refractivity contribution is 7.93. The number of anilines is 1. The van der Waals surface area contributed by atoms with Gasteiger partial charge >= 0.3 is 6.03 Å². The third-order valence-electron chi connectivity index (χ3n) is 9.79. The van der Waals surface area contributed by atoms with Gasteiger partial charge in [0.25, 0.3) is 15.9 Å². The first-order chi connectivity index (χ1) is 24.0. The fraction of sp³-hybridized carbons (Fsp3) is 0.429. The van der Waals surface area contributed by atoms with Gasteiger partial charge in [0, 0.05) is 56.1 Å². The van der Waals surface area contributed by atoms with Crippen LogP contribution >= 0.6 is 0 Å². The molecule has 15 heteroatoms. The number of carbonyl (C=O) groups excluding carboxylic acids is 2. The number of nitriles is 1. The second-order valence-corrected chi connectivity index (χ2v) is 14.4. The second kappa shape index (κ2) is 13.8. The summed E-state index contributed by atoms with van der Waals surface area (Å²) in [7, 11) is 2.24. The number of amides is 3. The van der Waals surface area contributed by atoms with Crippen molar-refractivity contribution in [3.63, 3.8) is 0 Å². The van der Waals surface area contributed by atoms with Crippen molar-refractivity contribution >= 4 is 27.6 Å². The van der Waals surface area contributed by atoms with E-state index in [9.17, 15) is 18.5 Å². The maximum atomic E-state index is 15.1. The summed E-state index contributed by atoms with van der Waals surface area (Å²) < 4.78 is 46.4. The summed E-state index contributed by atoms with van der Waals surface area (Å²) in [6.45, 7) is 4.64. The SMILES string of the molecule is CCOc1ncccc1C1(NC(=O)N2CC(N3CCC(N(C)C)CC3)C2)C(=O)N(S(=O)(=O)c2ccc(OC)cc2OC)c2ccc(C#N)cc21. The minimum absolute atomic E-state index is 0.0310. The van der Waals surface area contributed by atoms with Crippen LogP contribution in [0.5, 0.6) is 17.4 Å². The molecule has 1 aromatic heterocycles. The molecular formula is C35H41N7O7S. The molecular weight excluding hydrogens is 662 g/mol. The predicted octanol–water partition coefficient (Wildman–Crippen LogP) is 2.77. The monoisotopic (exact) mass is 703 g/mol. The Balaban J connectivity index is 1.43. The number of ether oxygens (including phenoxy) is 3.